The number of phenols is 1. The zero-order valence-electron chi connectivity index (χ0n) is 26.9. The quantitative estimate of drug-likeness (QED) is 0.0165. The molecule has 48 heavy (non-hydrogen) atoms. The molecule has 0 atom stereocenters. The summed E-state index contributed by atoms with van der Waals surface area (Å²) in [5, 5.41) is 14.7. The molecule has 0 aliphatic heterocycles. The summed E-state index contributed by atoms with van der Waals surface area (Å²) < 4.78 is 63.4. The number of carbonyl (C=O) groups is 2. The number of hydrogen-bond donors (Lipinski definition) is 3. The molecule has 0 unspecified atom stereocenters. The fourth-order valence-corrected chi connectivity index (χ4v) is 6.70. The van der Waals surface area contributed by atoms with Gasteiger partial charge in [-0.1, -0.05) is 43.7 Å². The third-order valence-corrected chi connectivity index (χ3v) is 10.1. The van der Waals surface area contributed by atoms with Gasteiger partial charge in [0.05, 0.1) is 0 Å². The van der Waals surface area contributed by atoms with E-state index in [1.165, 1.54) is 38.5 Å². The number of anilines is 2. The van der Waals surface area contributed by atoms with Crippen LogP contribution in [0.4, 0.5) is 28.9 Å². The first-order chi connectivity index (χ1) is 23.0. The molecule has 2 radical (unpaired) electrons. The van der Waals surface area contributed by atoms with E-state index in [1.807, 2.05) is 11.4 Å². The van der Waals surface area contributed by atoms with Gasteiger partial charge in [0.2, 0.25) is 0 Å². The van der Waals surface area contributed by atoms with Crippen molar-refractivity contribution in [3.05, 3.63) is 87.5 Å². The molecule has 13 heteroatoms. The van der Waals surface area contributed by atoms with Crippen molar-refractivity contribution in [3.8, 4) is 5.75 Å². The molecule has 3 rings (SSSR count). The number of rotatable bonds is 19. The van der Waals surface area contributed by atoms with Crippen molar-refractivity contribution in [1.29, 1.82) is 0 Å². The first-order valence-electron chi connectivity index (χ1n) is 15.8. The van der Waals surface area contributed by atoms with Crippen LogP contribution >= 0.6 is 11.6 Å². The summed E-state index contributed by atoms with van der Waals surface area (Å²) in [5.41, 5.74) is -0.896. The normalized spacial score (nSPS) is 11.5. The van der Waals surface area contributed by atoms with Crippen LogP contribution in [0.3, 0.4) is 0 Å². The van der Waals surface area contributed by atoms with E-state index in [-0.39, 0.29) is 23.0 Å². The predicted octanol–water partition coefficient (Wildman–Crippen LogP) is 9.01. The summed E-state index contributed by atoms with van der Waals surface area (Å²) in [6.45, 7) is 3.91. The van der Waals surface area contributed by atoms with Crippen LogP contribution in [0.1, 0.15) is 94.0 Å². The summed E-state index contributed by atoms with van der Waals surface area (Å²) >= 11 is 3.47. The van der Waals surface area contributed by atoms with Gasteiger partial charge in [-0.3, -0.25) is 4.79 Å². The minimum atomic E-state index is -2.72. The summed E-state index contributed by atoms with van der Waals surface area (Å²) in [7, 11) is 0. The van der Waals surface area contributed by atoms with Crippen molar-refractivity contribution in [1.82, 2.24) is 0 Å². The third-order valence-electron chi connectivity index (χ3n) is 7.40. The number of nitrogens with one attached hydrogen (secondary N) is 2. The second kappa shape index (κ2) is 20.4. The molecule has 0 aliphatic rings. The molecular weight excluding hydrogens is 759 g/mol. The standard InChI is InChI=1S/C23H14ClF4N2O3.C12H26O2.Sn/c1-11(7-12-5-3-2-4-6-12)22(32)30-17-8-13(24)16(10-18(17)31)29-23(33)19-20(27)14(25)9-15(26)21(19)28;1-2-3-4-5-6-7-8-9-10-11-12-14-13;/h2-8,10,31H,1H3,(H,29,33)(H,30,32);13H,2-12H2,1H3;/q;;+1/p-1/b11-7+;;. The van der Waals surface area contributed by atoms with Gasteiger partial charge in [-0.2, -0.15) is 0 Å². The molecule has 0 aliphatic carbocycles. The van der Waals surface area contributed by atoms with Crippen molar-refractivity contribution in [2.75, 3.05) is 17.2 Å². The zero-order chi connectivity index (χ0) is 35.1. The average molecular weight is 798 g/mol. The van der Waals surface area contributed by atoms with Crippen LogP contribution in [0, 0.1) is 23.3 Å². The van der Waals surface area contributed by atoms with Crippen LogP contribution in [-0.2, 0) is 12.9 Å². The van der Waals surface area contributed by atoms with E-state index in [2.05, 4.69) is 12.2 Å². The van der Waals surface area contributed by atoms with Crippen LogP contribution in [0.5, 0.6) is 5.75 Å². The van der Waals surface area contributed by atoms with E-state index in [1.54, 1.807) is 37.3 Å². The molecule has 0 saturated carbocycles. The molecule has 0 fully saturated rings. The molecule has 0 aromatic heterocycles. The Bertz CT molecular complexity index is 1550. The Labute approximate surface area is 293 Å². The molecule has 3 aromatic rings. The van der Waals surface area contributed by atoms with E-state index in [0.29, 0.717) is 12.0 Å². The van der Waals surface area contributed by atoms with Gasteiger partial charge in [0.1, 0.15) is 0 Å². The van der Waals surface area contributed by atoms with E-state index in [0.717, 1.165) is 37.0 Å². The summed E-state index contributed by atoms with van der Waals surface area (Å²) in [5.74, 6) is -9.99. The summed E-state index contributed by atoms with van der Waals surface area (Å²) in [6.07, 6.45) is 12.7. The van der Waals surface area contributed by atoms with Gasteiger partial charge in [0, 0.05) is 5.57 Å². The van der Waals surface area contributed by atoms with Gasteiger partial charge in [0.25, 0.3) is 0 Å². The van der Waals surface area contributed by atoms with Gasteiger partial charge in [-0.15, -0.1) is 0 Å². The van der Waals surface area contributed by atoms with E-state index in [9.17, 15) is 32.3 Å². The van der Waals surface area contributed by atoms with Crippen molar-refractivity contribution in [2.45, 2.75) is 78.1 Å². The number of aromatic hydroxyl groups is 1. The number of hydrogen-bond acceptors (Lipinski definition) is 5. The van der Waals surface area contributed by atoms with Gasteiger partial charge in [0.15, 0.2) is 0 Å². The van der Waals surface area contributed by atoms with Crippen LogP contribution in [0.2, 0.25) is 5.02 Å². The number of amides is 2. The van der Waals surface area contributed by atoms with E-state index >= 15 is 0 Å². The first-order valence-corrected chi connectivity index (χ1v) is 18.8. The molecule has 2 amide bonds. The van der Waals surface area contributed by atoms with E-state index < -0.39 is 71.5 Å². The topological polar surface area (TPSA) is 96.9 Å². The Hall–Kier alpha value is -3.13. The number of halogens is 5. The molecule has 258 valence electrons. The molecule has 7 nitrogen and oxygen atoms in total. The minimum absolute atomic E-state index is 0.121. The number of benzene rings is 3. The predicted molar refractivity (Wildman–Crippen MR) is 180 cm³/mol. The Morgan fingerprint density at radius 2 is 1.42 bits per heavy atom. The van der Waals surface area contributed by atoms with Crippen molar-refractivity contribution in [2.24, 2.45) is 0 Å². The maximum absolute atomic E-state index is 14.9. The van der Waals surface area contributed by atoms with Crippen LogP contribution in [0.15, 0.2) is 48.0 Å². The van der Waals surface area contributed by atoms with Crippen LogP contribution < -0.4 is 14.2 Å². The average Bonchev–Trinajstić information content (AvgIpc) is 3.06. The fraction of sp³-hybridized carbons (Fsp3) is 0.371. The number of unbranched alkanes of at least 4 members (excludes halogenated alkanes) is 9. The monoisotopic (exact) mass is 798 g/mol. The van der Waals surface area contributed by atoms with Crippen molar-refractivity contribution < 1.29 is 40.4 Å². The zero-order valence-corrected chi connectivity index (χ0v) is 30.5. The number of carbonyl (C=O) groups excluding carboxylic acids is 2. The second-order valence-electron chi connectivity index (χ2n) is 11.2. The molecule has 3 aromatic carbocycles. The van der Waals surface area contributed by atoms with Crippen molar-refractivity contribution in [3.63, 3.8) is 0 Å². The second-order valence-corrected chi connectivity index (χ2v) is 14.1. The molecular formula is C35H39ClF4N2O5Sn. The van der Waals surface area contributed by atoms with Gasteiger partial charge >= 0.3 is 222 Å². The SMILES string of the molecule is CCCCCCCCCCCCO[O][Sn][c]1c(F)c(F)c(C(=O)Nc2cc(O)c(NC(=O)/C(C)=C/c3ccccc3)cc2Cl)c(F)c1F. The third kappa shape index (κ3) is 11.8. The molecule has 0 heterocycles. The first kappa shape index (κ1) is 39.3. The summed E-state index contributed by atoms with van der Waals surface area (Å²) in [6, 6.07) is 11.0. The number of phenolic OH excluding ortho intramolecular Hbond substituents is 1. The van der Waals surface area contributed by atoms with E-state index in [4.69, 9.17) is 19.7 Å². The Morgan fingerprint density at radius 3 is 2.02 bits per heavy atom. The Morgan fingerprint density at radius 1 is 0.833 bits per heavy atom. The van der Waals surface area contributed by atoms with Gasteiger partial charge in [-0.25, -0.2) is 0 Å². The Balaban J connectivity index is 1.55. The summed E-state index contributed by atoms with van der Waals surface area (Å²) in [4.78, 5) is 30.4. The Kier molecular flexibility index (Phi) is 16.7. The molecule has 3 N–H and O–H groups in total. The van der Waals surface area contributed by atoms with Gasteiger partial charge < -0.3 is 0 Å². The van der Waals surface area contributed by atoms with Crippen molar-refractivity contribution >= 4 is 66.0 Å². The van der Waals surface area contributed by atoms with Gasteiger partial charge in [-0.05, 0) is 18.6 Å². The fourth-order valence-electron chi connectivity index (χ4n) is 4.71. The maximum atomic E-state index is 14.9. The van der Waals surface area contributed by atoms with Crippen LogP contribution in [0.25, 0.3) is 6.08 Å². The molecule has 0 saturated heterocycles. The van der Waals surface area contributed by atoms with Crippen LogP contribution in [-0.4, -0.2) is 45.1 Å². The molecule has 0 spiro atoms. The molecule has 0 bridgehead atoms.